The summed E-state index contributed by atoms with van der Waals surface area (Å²) in [5, 5.41) is 11.3. The number of aliphatic hydroxyl groups is 1. The highest BCUT2D eigenvalue weighted by Gasteiger charge is 2.46. The first kappa shape index (κ1) is 23.2. The summed E-state index contributed by atoms with van der Waals surface area (Å²) < 4.78 is 5.78. The third-order valence-corrected chi connectivity index (χ3v) is 5.65. The van der Waals surface area contributed by atoms with Crippen LogP contribution in [0.3, 0.4) is 0 Å². The van der Waals surface area contributed by atoms with E-state index >= 15 is 0 Å². The van der Waals surface area contributed by atoms with Gasteiger partial charge in [-0.15, -0.1) is 0 Å². The molecule has 1 fully saturated rings. The first-order valence-corrected chi connectivity index (χ1v) is 11.2. The lowest BCUT2D eigenvalue weighted by Crippen LogP contribution is -2.29. The SMILES string of the molecule is Cc1cc(OCC(C)C)ccc1/C(O)=C1\C(=O)C(=O)N(Cc2cccnc2)[C@@H]1c1cccnc1. The molecular formula is C27H27N3O4. The molecule has 0 aliphatic carbocycles. The van der Waals surface area contributed by atoms with E-state index < -0.39 is 17.7 Å². The molecule has 174 valence electrons. The number of aliphatic hydroxyl groups excluding tert-OH is 1. The van der Waals surface area contributed by atoms with Gasteiger partial charge in [0.2, 0.25) is 0 Å². The molecular weight excluding hydrogens is 430 g/mol. The van der Waals surface area contributed by atoms with Gasteiger partial charge >= 0.3 is 0 Å². The second-order valence-electron chi connectivity index (χ2n) is 8.76. The van der Waals surface area contributed by atoms with Gasteiger partial charge in [0.05, 0.1) is 18.2 Å². The number of pyridine rings is 2. The Kier molecular flexibility index (Phi) is 6.72. The van der Waals surface area contributed by atoms with Gasteiger partial charge in [-0.3, -0.25) is 19.6 Å². The van der Waals surface area contributed by atoms with E-state index in [0.717, 1.165) is 11.1 Å². The number of benzene rings is 1. The van der Waals surface area contributed by atoms with Gasteiger partial charge in [-0.05, 0) is 59.9 Å². The van der Waals surface area contributed by atoms with E-state index in [1.54, 1.807) is 55.1 Å². The number of Topliss-reactive ketones (excluding diaryl/α,β-unsaturated/α-hetero) is 1. The van der Waals surface area contributed by atoms with Crippen molar-refractivity contribution in [2.24, 2.45) is 5.92 Å². The zero-order chi connectivity index (χ0) is 24.2. The minimum absolute atomic E-state index is 0.0424. The molecule has 0 radical (unpaired) electrons. The number of hydrogen-bond acceptors (Lipinski definition) is 6. The Morgan fingerprint density at radius 3 is 2.44 bits per heavy atom. The van der Waals surface area contributed by atoms with E-state index in [0.29, 0.717) is 29.4 Å². The molecule has 0 unspecified atom stereocenters. The molecule has 1 atom stereocenters. The predicted molar refractivity (Wildman–Crippen MR) is 128 cm³/mol. The molecule has 1 aliphatic heterocycles. The Hall–Kier alpha value is -4.00. The molecule has 1 aromatic carbocycles. The number of carbonyl (C=O) groups excluding carboxylic acids is 2. The average Bonchev–Trinajstić information content (AvgIpc) is 3.08. The van der Waals surface area contributed by atoms with Crippen LogP contribution in [0.5, 0.6) is 5.75 Å². The monoisotopic (exact) mass is 457 g/mol. The van der Waals surface area contributed by atoms with Crippen molar-refractivity contribution < 1.29 is 19.4 Å². The van der Waals surface area contributed by atoms with Crippen LogP contribution >= 0.6 is 0 Å². The number of carbonyl (C=O) groups is 2. The maximum Gasteiger partial charge on any atom is 0.295 e. The summed E-state index contributed by atoms with van der Waals surface area (Å²) in [6.45, 7) is 6.72. The minimum atomic E-state index is -0.773. The normalized spacial score (nSPS) is 17.4. The molecule has 1 aliphatic rings. The molecule has 0 spiro atoms. The first-order valence-electron chi connectivity index (χ1n) is 11.2. The van der Waals surface area contributed by atoms with E-state index in [1.807, 2.05) is 19.1 Å². The molecule has 0 saturated carbocycles. The Morgan fingerprint density at radius 1 is 1.09 bits per heavy atom. The number of ether oxygens (including phenoxy) is 1. The maximum atomic E-state index is 13.2. The van der Waals surface area contributed by atoms with Crippen molar-refractivity contribution in [1.82, 2.24) is 14.9 Å². The molecule has 0 bridgehead atoms. The zero-order valence-corrected chi connectivity index (χ0v) is 19.4. The van der Waals surface area contributed by atoms with E-state index in [4.69, 9.17) is 4.74 Å². The molecule has 1 N–H and O–H groups in total. The molecule has 4 rings (SSSR count). The fourth-order valence-corrected chi connectivity index (χ4v) is 4.02. The third kappa shape index (κ3) is 4.69. The van der Waals surface area contributed by atoms with Gasteiger partial charge in [-0.2, -0.15) is 0 Å². The topological polar surface area (TPSA) is 92.6 Å². The van der Waals surface area contributed by atoms with Crippen LogP contribution in [0, 0.1) is 12.8 Å². The van der Waals surface area contributed by atoms with Gasteiger partial charge in [0.25, 0.3) is 11.7 Å². The Labute approximate surface area is 198 Å². The maximum absolute atomic E-state index is 13.2. The second-order valence-corrected chi connectivity index (χ2v) is 8.76. The van der Waals surface area contributed by atoms with Crippen molar-refractivity contribution in [2.75, 3.05) is 6.61 Å². The van der Waals surface area contributed by atoms with Crippen LogP contribution in [-0.4, -0.2) is 38.3 Å². The third-order valence-electron chi connectivity index (χ3n) is 5.65. The quantitative estimate of drug-likeness (QED) is 0.320. The van der Waals surface area contributed by atoms with Crippen LogP contribution in [0.4, 0.5) is 0 Å². The van der Waals surface area contributed by atoms with Crippen molar-refractivity contribution in [3.63, 3.8) is 0 Å². The molecule has 1 saturated heterocycles. The van der Waals surface area contributed by atoms with Crippen LogP contribution < -0.4 is 4.74 Å². The van der Waals surface area contributed by atoms with Crippen LogP contribution in [-0.2, 0) is 16.1 Å². The number of likely N-dealkylation sites (tertiary alicyclic amines) is 1. The number of amides is 1. The lowest BCUT2D eigenvalue weighted by atomic mass is 9.94. The second kappa shape index (κ2) is 9.87. The number of aromatic nitrogens is 2. The van der Waals surface area contributed by atoms with Gasteiger partial charge in [0.1, 0.15) is 11.5 Å². The van der Waals surface area contributed by atoms with Crippen LogP contribution in [0.25, 0.3) is 5.76 Å². The number of aryl methyl sites for hydroxylation is 1. The van der Waals surface area contributed by atoms with Crippen molar-refractivity contribution in [1.29, 1.82) is 0 Å². The van der Waals surface area contributed by atoms with Crippen LogP contribution in [0.15, 0.2) is 72.8 Å². The summed E-state index contributed by atoms with van der Waals surface area (Å²) in [7, 11) is 0. The molecule has 7 nitrogen and oxygen atoms in total. The van der Waals surface area contributed by atoms with Gasteiger partial charge < -0.3 is 14.7 Å². The molecule has 3 aromatic rings. The summed E-state index contributed by atoms with van der Waals surface area (Å²) >= 11 is 0. The average molecular weight is 458 g/mol. The summed E-state index contributed by atoms with van der Waals surface area (Å²) in [4.78, 5) is 36.0. The van der Waals surface area contributed by atoms with Crippen molar-refractivity contribution in [3.8, 4) is 5.75 Å². The highest BCUT2D eigenvalue weighted by Crippen LogP contribution is 2.40. The predicted octanol–water partition coefficient (Wildman–Crippen LogP) is 4.44. The van der Waals surface area contributed by atoms with E-state index in [2.05, 4.69) is 23.8 Å². The lowest BCUT2D eigenvalue weighted by Gasteiger charge is -2.25. The highest BCUT2D eigenvalue weighted by atomic mass is 16.5. The minimum Gasteiger partial charge on any atom is -0.507 e. The summed E-state index contributed by atoms with van der Waals surface area (Å²) in [6.07, 6.45) is 6.53. The summed E-state index contributed by atoms with van der Waals surface area (Å²) in [5.74, 6) is -0.551. The molecule has 2 aromatic heterocycles. The fraction of sp³-hybridized carbons (Fsp3) is 0.259. The summed E-state index contributed by atoms with van der Waals surface area (Å²) in [6, 6.07) is 11.7. The van der Waals surface area contributed by atoms with Crippen molar-refractivity contribution in [2.45, 2.75) is 33.4 Å². The van der Waals surface area contributed by atoms with E-state index in [1.165, 1.54) is 4.90 Å². The largest absolute Gasteiger partial charge is 0.507 e. The van der Waals surface area contributed by atoms with Crippen LogP contribution in [0.1, 0.15) is 42.1 Å². The highest BCUT2D eigenvalue weighted by molar-refractivity contribution is 6.46. The van der Waals surface area contributed by atoms with Gasteiger partial charge in [0.15, 0.2) is 0 Å². The summed E-state index contributed by atoms with van der Waals surface area (Å²) in [5.41, 5.74) is 2.68. The smallest absolute Gasteiger partial charge is 0.295 e. The van der Waals surface area contributed by atoms with Crippen molar-refractivity contribution in [3.05, 3.63) is 95.1 Å². The fourth-order valence-electron chi connectivity index (χ4n) is 4.02. The van der Waals surface area contributed by atoms with E-state index in [-0.39, 0.29) is 17.9 Å². The molecule has 7 heteroatoms. The van der Waals surface area contributed by atoms with Gasteiger partial charge in [-0.25, -0.2) is 0 Å². The van der Waals surface area contributed by atoms with Gasteiger partial charge in [-0.1, -0.05) is 26.0 Å². The van der Waals surface area contributed by atoms with Crippen molar-refractivity contribution >= 4 is 17.4 Å². The lowest BCUT2D eigenvalue weighted by molar-refractivity contribution is -0.140. The zero-order valence-electron chi connectivity index (χ0n) is 19.4. The Morgan fingerprint density at radius 2 is 1.82 bits per heavy atom. The Balaban J connectivity index is 1.78. The number of rotatable bonds is 7. The first-order chi connectivity index (χ1) is 16.4. The molecule has 1 amide bonds. The molecule has 34 heavy (non-hydrogen) atoms. The number of nitrogens with zero attached hydrogens (tertiary/aromatic N) is 3. The number of hydrogen-bond donors (Lipinski definition) is 1. The number of ketones is 1. The standard InChI is InChI=1S/C27H27N3O4/c1-17(2)16-34-21-8-9-22(18(3)12-21)25(31)23-24(20-7-5-11-29-14-20)30(27(33)26(23)32)15-19-6-4-10-28-13-19/h4-14,17,24,31H,15-16H2,1-3H3/b25-23+/t24-/m1/s1. The van der Waals surface area contributed by atoms with Gasteiger partial charge in [0, 0.05) is 36.9 Å². The van der Waals surface area contributed by atoms with E-state index in [9.17, 15) is 14.7 Å². The Bertz CT molecular complexity index is 1220. The molecule has 3 heterocycles. The van der Waals surface area contributed by atoms with Crippen LogP contribution in [0.2, 0.25) is 0 Å².